The fourth-order valence-electron chi connectivity index (χ4n) is 2.07. The van der Waals surface area contributed by atoms with Crippen LogP contribution in [0, 0.1) is 0 Å². The average Bonchev–Trinajstić information content (AvgIpc) is 2.46. The Labute approximate surface area is 132 Å². The number of nitrogens with zero attached hydrogens (tertiary/aromatic N) is 1. The standard InChI is InChI=1S/C15H16BrClN2O/c1-3-18-15(13-6-4-10(16)9-19-13)12-8-11(17)5-7-14(12)20-2/h4-9,15,18H,3H2,1-2H3. The number of hydrogen-bond donors (Lipinski definition) is 1. The van der Waals surface area contributed by atoms with E-state index in [0.717, 1.165) is 28.0 Å². The van der Waals surface area contributed by atoms with E-state index in [1.807, 2.05) is 30.3 Å². The lowest BCUT2D eigenvalue weighted by atomic mass is 10.0. The number of rotatable bonds is 5. The molecule has 0 radical (unpaired) electrons. The van der Waals surface area contributed by atoms with Gasteiger partial charge in [0.05, 0.1) is 18.8 Å². The Morgan fingerprint density at radius 1 is 1.35 bits per heavy atom. The second kappa shape index (κ2) is 7.07. The molecule has 1 unspecified atom stereocenters. The fraction of sp³-hybridized carbons (Fsp3) is 0.267. The predicted octanol–water partition coefficient (Wildman–Crippen LogP) is 4.21. The van der Waals surface area contributed by atoms with Crippen LogP contribution in [0.4, 0.5) is 0 Å². The molecule has 0 aliphatic carbocycles. The van der Waals surface area contributed by atoms with Crippen LogP contribution in [0.5, 0.6) is 5.75 Å². The third-order valence-electron chi connectivity index (χ3n) is 2.96. The summed E-state index contributed by atoms with van der Waals surface area (Å²) in [4.78, 5) is 4.47. The molecule has 0 aliphatic heterocycles. The highest BCUT2D eigenvalue weighted by atomic mass is 79.9. The van der Waals surface area contributed by atoms with E-state index in [1.165, 1.54) is 0 Å². The second-order valence-corrected chi connectivity index (χ2v) is 5.63. The smallest absolute Gasteiger partial charge is 0.124 e. The van der Waals surface area contributed by atoms with Crippen molar-refractivity contribution in [1.29, 1.82) is 0 Å². The summed E-state index contributed by atoms with van der Waals surface area (Å²) < 4.78 is 6.39. The van der Waals surface area contributed by atoms with Gasteiger partial charge in [-0.25, -0.2) is 0 Å². The van der Waals surface area contributed by atoms with Crippen molar-refractivity contribution in [2.24, 2.45) is 0 Å². The van der Waals surface area contributed by atoms with Crippen molar-refractivity contribution in [3.05, 3.63) is 57.3 Å². The fourth-order valence-corrected chi connectivity index (χ4v) is 2.48. The van der Waals surface area contributed by atoms with Crippen LogP contribution in [0.3, 0.4) is 0 Å². The van der Waals surface area contributed by atoms with E-state index in [9.17, 15) is 0 Å². The molecule has 1 atom stereocenters. The Kier molecular flexibility index (Phi) is 5.40. The molecule has 0 aliphatic rings. The Hall–Kier alpha value is -1.10. The summed E-state index contributed by atoms with van der Waals surface area (Å²) in [5, 5.41) is 4.10. The highest BCUT2D eigenvalue weighted by Crippen LogP contribution is 2.31. The summed E-state index contributed by atoms with van der Waals surface area (Å²) in [6, 6.07) is 9.52. The van der Waals surface area contributed by atoms with Crippen LogP contribution >= 0.6 is 27.5 Å². The van der Waals surface area contributed by atoms with Crippen LogP contribution in [0.2, 0.25) is 5.02 Å². The number of benzene rings is 1. The minimum atomic E-state index is -0.0539. The van der Waals surface area contributed by atoms with Crippen LogP contribution < -0.4 is 10.1 Å². The van der Waals surface area contributed by atoms with Gasteiger partial charge >= 0.3 is 0 Å². The largest absolute Gasteiger partial charge is 0.496 e. The lowest BCUT2D eigenvalue weighted by molar-refractivity contribution is 0.404. The monoisotopic (exact) mass is 354 g/mol. The van der Waals surface area contributed by atoms with Gasteiger partial charge in [0.1, 0.15) is 5.75 Å². The Morgan fingerprint density at radius 2 is 2.15 bits per heavy atom. The highest BCUT2D eigenvalue weighted by Gasteiger charge is 2.19. The van der Waals surface area contributed by atoms with Crippen LogP contribution in [-0.2, 0) is 0 Å². The summed E-state index contributed by atoms with van der Waals surface area (Å²) in [5.41, 5.74) is 1.91. The quantitative estimate of drug-likeness (QED) is 0.872. The van der Waals surface area contributed by atoms with Crippen molar-refractivity contribution in [1.82, 2.24) is 10.3 Å². The first kappa shape index (κ1) is 15.3. The van der Waals surface area contributed by atoms with E-state index in [1.54, 1.807) is 13.3 Å². The van der Waals surface area contributed by atoms with Gasteiger partial charge in [0, 0.05) is 21.3 Å². The topological polar surface area (TPSA) is 34.2 Å². The molecule has 1 aromatic heterocycles. The number of pyridine rings is 1. The summed E-state index contributed by atoms with van der Waals surface area (Å²) >= 11 is 9.52. The van der Waals surface area contributed by atoms with Gasteiger partial charge in [-0.15, -0.1) is 0 Å². The third-order valence-corrected chi connectivity index (χ3v) is 3.66. The molecule has 0 bridgehead atoms. The van der Waals surface area contributed by atoms with Crippen molar-refractivity contribution >= 4 is 27.5 Å². The number of methoxy groups -OCH3 is 1. The molecular formula is C15H16BrClN2O. The van der Waals surface area contributed by atoms with Gasteiger partial charge in [0.25, 0.3) is 0 Å². The zero-order valence-electron chi connectivity index (χ0n) is 11.4. The summed E-state index contributed by atoms with van der Waals surface area (Å²) in [6.07, 6.45) is 1.79. The molecule has 0 spiro atoms. The molecule has 0 saturated heterocycles. The zero-order valence-corrected chi connectivity index (χ0v) is 13.7. The lowest BCUT2D eigenvalue weighted by Crippen LogP contribution is -2.23. The van der Waals surface area contributed by atoms with Gasteiger partial charge in [-0.2, -0.15) is 0 Å². The maximum Gasteiger partial charge on any atom is 0.124 e. The molecular weight excluding hydrogens is 340 g/mol. The van der Waals surface area contributed by atoms with Crippen molar-refractivity contribution in [3.8, 4) is 5.75 Å². The van der Waals surface area contributed by atoms with Crippen molar-refractivity contribution in [2.45, 2.75) is 13.0 Å². The molecule has 20 heavy (non-hydrogen) atoms. The minimum Gasteiger partial charge on any atom is -0.496 e. The van der Waals surface area contributed by atoms with Crippen LogP contribution in [0.15, 0.2) is 41.0 Å². The van der Waals surface area contributed by atoms with E-state index in [-0.39, 0.29) is 6.04 Å². The summed E-state index contributed by atoms with van der Waals surface area (Å²) in [5.74, 6) is 0.796. The van der Waals surface area contributed by atoms with Gasteiger partial charge in [0.2, 0.25) is 0 Å². The van der Waals surface area contributed by atoms with Gasteiger partial charge in [-0.3, -0.25) is 4.98 Å². The van der Waals surface area contributed by atoms with E-state index in [4.69, 9.17) is 16.3 Å². The predicted molar refractivity (Wildman–Crippen MR) is 85.5 cm³/mol. The first-order valence-electron chi connectivity index (χ1n) is 6.34. The minimum absolute atomic E-state index is 0.0539. The molecule has 1 heterocycles. The third kappa shape index (κ3) is 3.51. The van der Waals surface area contributed by atoms with E-state index in [2.05, 4.69) is 33.2 Å². The number of hydrogen-bond acceptors (Lipinski definition) is 3. The molecule has 106 valence electrons. The molecule has 2 aromatic rings. The summed E-state index contributed by atoms with van der Waals surface area (Å²) in [7, 11) is 1.66. The normalized spacial score (nSPS) is 12.2. The van der Waals surface area contributed by atoms with Crippen molar-refractivity contribution in [2.75, 3.05) is 13.7 Å². The maximum atomic E-state index is 6.12. The van der Waals surface area contributed by atoms with E-state index >= 15 is 0 Å². The van der Waals surface area contributed by atoms with E-state index < -0.39 is 0 Å². The number of nitrogens with one attached hydrogen (secondary N) is 1. The SMILES string of the molecule is CCNC(c1ccc(Br)cn1)c1cc(Cl)ccc1OC. The molecule has 0 fully saturated rings. The molecule has 3 nitrogen and oxygen atoms in total. The lowest BCUT2D eigenvalue weighted by Gasteiger charge is -2.20. The Bertz CT molecular complexity index is 575. The number of halogens is 2. The zero-order chi connectivity index (χ0) is 14.5. The van der Waals surface area contributed by atoms with Gasteiger partial charge in [-0.1, -0.05) is 18.5 Å². The van der Waals surface area contributed by atoms with Crippen LogP contribution in [0.1, 0.15) is 24.2 Å². The second-order valence-electron chi connectivity index (χ2n) is 4.28. The first-order chi connectivity index (χ1) is 9.65. The maximum absolute atomic E-state index is 6.12. The molecule has 1 aromatic carbocycles. The molecule has 0 amide bonds. The molecule has 5 heteroatoms. The molecule has 0 saturated carbocycles. The Morgan fingerprint density at radius 3 is 2.75 bits per heavy atom. The van der Waals surface area contributed by atoms with Crippen LogP contribution in [0.25, 0.3) is 0 Å². The molecule has 1 N–H and O–H groups in total. The Balaban J connectivity index is 2.47. The highest BCUT2D eigenvalue weighted by molar-refractivity contribution is 9.10. The number of ether oxygens (including phenoxy) is 1. The van der Waals surface area contributed by atoms with Crippen molar-refractivity contribution < 1.29 is 4.74 Å². The molecule has 2 rings (SSSR count). The first-order valence-corrected chi connectivity index (χ1v) is 7.51. The van der Waals surface area contributed by atoms with Gasteiger partial charge in [0.15, 0.2) is 0 Å². The number of aromatic nitrogens is 1. The van der Waals surface area contributed by atoms with Crippen molar-refractivity contribution in [3.63, 3.8) is 0 Å². The van der Waals surface area contributed by atoms with Gasteiger partial charge in [-0.05, 0) is 52.8 Å². The van der Waals surface area contributed by atoms with Crippen LogP contribution in [-0.4, -0.2) is 18.6 Å². The average molecular weight is 356 g/mol. The van der Waals surface area contributed by atoms with Gasteiger partial charge < -0.3 is 10.1 Å². The summed E-state index contributed by atoms with van der Waals surface area (Å²) in [6.45, 7) is 2.88. The van der Waals surface area contributed by atoms with E-state index in [0.29, 0.717) is 5.02 Å².